The van der Waals surface area contributed by atoms with E-state index >= 15 is 0 Å². The summed E-state index contributed by atoms with van der Waals surface area (Å²) in [6, 6.07) is 14.1. The predicted molar refractivity (Wildman–Crippen MR) is 107 cm³/mol. The Morgan fingerprint density at radius 1 is 1.00 bits per heavy atom. The first-order valence-electron chi connectivity index (χ1n) is 9.68. The van der Waals surface area contributed by atoms with E-state index in [1.165, 1.54) is 12.1 Å². The summed E-state index contributed by atoms with van der Waals surface area (Å²) >= 11 is 0. The van der Waals surface area contributed by atoms with Gasteiger partial charge in [0.2, 0.25) is 11.8 Å². The van der Waals surface area contributed by atoms with Crippen molar-refractivity contribution >= 4 is 23.2 Å². The molecule has 2 aromatic carbocycles. The number of carbonyl (C=O) groups is 2. The molecule has 146 valence electrons. The molecule has 2 atom stereocenters. The average Bonchev–Trinajstić information content (AvgIpc) is 3.49. The van der Waals surface area contributed by atoms with Crippen LogP contribution in [0.2, 0.25) is 0 Å². The Kier molecular flexibility index (Phi) is 5.03. The van der Waals surface area contributed by atoms with Gasteiger partial charge in [-0.2, -0.15) is 0 Å². The van der Waals surface area contributed by atoms with E-state index in [1.54, 1.807) is 12.1 Å². The molecule has 2 unspecified atom stereocenters. The zero-order valence-corrected chi connectivity index (χ0v) is 15.9. The molecule has 2 aromatic rings. The van der Waals surface area contributed by atoms with Gasteiger partial charge < -0.3 is 15.1 Å². The lowest BCUT2D eigenvalue weighted by Gasteiger charge is -2.36. The van der Waals surface area contributed by atoms with Crippen molar-refractivity contribution in [2.45, 2.75) is 13.3 Å². The molecule has 1 aliphatic heterocycles. The van der Waals surface area contributed by atoms with E-state index in [4.69, 9.17) is 0 Å². The summed E-state index contributed by atoms with van der Waals surface area (Å²) in [6.07, 6.45) is 0.620. The van der Waals surface area contributed by atoms with E-state index in [2.05, 4.69) is 10.2 Å². The van der Waals surface area contributed by atoms with Gasteiger partial charge in [0.05, 0.1) is 11.8 Å². The highest BCUT2D eigenvalue weighted by Gasteiger charge is 2.49. The first-order valence-corrected chi connectivity index (χ1v) is 9.68. The monoisotopic (exact) mass is 381 g/mol. The van der Waals surface area contributed by atoms with Gasteiger partial charge in [0.1, 0.15) is 5.82 Å². The second kappa shape index (κ2) is 7.62. The fourth-order valence-electron chi connectivity index (χ4n) is 3.79. The highest BCUT2D eigenvalue weighted by atomic mass is 19.1. The molecule has 1 heterocycles. The van der Waals surface area contributed by atoms with Crippen LogP contribution >= 0.6 is 0 Å². The summed E-state index contributed by atoms with van der Waals surface area (Å²) < 4.78 is 13.1. The van der Waals surface area contributed by atoms with Crippen molar-refractivity contribution in [3.05, 3.63) is 59.9 Å². The standard InChI is InChI=1S/C22H24FN3O2/c1-15-3-2-4-17(13-15)24-21(27)19-14-20(19)22(28)26-11-9-25(10-12-26)18-7-5-16(23)6-8-18/h2-8,13,19-20H,9-12,14H2,1H3,(H,24,27). The van der Waals surface area contributed by atoms with Crippen LogP contribution in [-0.4, -0.2) is 42.9 Å². The van der Waals surface area contributed by atoms with Crippen LogP contribution < -0.4 is 10.2 Å². The zero-order valence-electron chi connectivity index (χ0n) is 15.9. The Bertz CT molecular complexity index is 876. The molecular weight excluding hydrogens is 357 g/mol. The molecule has 28 heavy (non-hydrogen) atoms. The van der Waals surface area contributed by atoms with E-state index in [0.29, 0.717) is 32.6 Å². The maximum Gasteiger partial charge on any atom is 0.228 e. The molecule has 0 spiro atoms. The van der Waals surface area contributed by atoms with Crippen LogP contribution in [0, 0.1) is 24.6 Å². The molecule has 4 rings (SSSR count). The third kappa shape index (κ3) is 4.01. The molecule has 1 aliphatic carbocycles. The van der Waals surface area contributed by atoms with Gasteiger partial charge in [-0.1, -0.05) is 12.1 Å². The number of aryl methyl sites for hydroxylation is 1. The molecule has 2 fully saturated rings. The van der Waals surface area contributed by atoms with E-state index in [-0.39, 0.29) is 29.5 Å². The van der Waals surface area contributed by atoms with Gasteiger partial charge in [-0.3, -0.25) is 9.59 Å². The largest absolute Gasteiger partial charge is 0.368 e. The Hall–Kier alpha value is -2.89. The molecule has 6 heteroatoms. The Labute approximate surface area is 164 Å². The van der Waals surface area contributed by atoms with Crippen molar-refractivity contribution in [3.63, 3.8) is 0 Å². The number of halogens is 1. The number of benzene rings is 2. The summed E-state index contributed by atoms with van der Waals surface area (Å²) in [5.41, 5.74) is 2.83. The lowest BCUT2D eigenvalue weighted by atomic mass is 10.2. The van der Waals surface area contributed by atoms with E-state index in [0.717, 1.165) is 16.9 Å². The van der Waals surface area contributed by atoms with Gasteiger partial charge >= 0.3 is 0 Å². The van der Waals surface area contributed by atoms with Crippen molar-refractivity contribution in [2.24, 2.45) is 11.8 Å². The highest BCUT2D eigenvalue weighted by molar-refractivity contribution is 5.99. The second-order valence-electron chi connectivity index (χ2n) is 7.60. The molecule has 0 bridgehead atoms. The maximum atomic E-state index is 13.1. The Balaban J connectivity index is 1.28. The summed E-state index contributed by atoms with van der Waals surface area (Å²) in [7, 11) is 0. The fourth-order valence-corrected chi connectivity index (χ4v) is 3.79. The third-order valence-corrected chi connectivity index (χ3v) is 5.51. The average molecular weight is 381 g/mol. The van der Waals surface area contributed by atoms with Gasteiger partial charge in [-0.05, 0) is 55.3 Å². The van der Waals surface area contributed by atoms with E-state index in [9.17, 15) is 14.0 Å². The van der Waals surface area contributed by atoms with Crippen molar-refractivity contribution in [1.82, 2.24) is 4.90 Å². The third-order valence-electron chi connectivity index (χ3n) is 5.51. The predicted octanol–water partition coefficient (Wildman–Crippen LogP) is 3.06. The van der Waals surface area contributed by atoms with Crippen molar-refractivity contribution in [2.75, 3.05) is 36.4 Å². The summed E-state index contributed by atoms with van der Waals surface area (Å²) in [5, 5.41) is 2.92. The lowest BCUT2D eigenvalue weighted by Crippen LogP contribution is -2.49. The first kappa shape index (κ1) is 18.5. The van der Waals surface area contributed by atoms with Crippen molar-refractivity contribution in [1.29, 1.82) is 0 Å². The number of hydrogen-bond donors (Lipinski definition) is 1. The van der Waals surface area contributed by atoms with Crippen LogP contribution in [0.4, 0.5) is 15.8 Å². The number of amides is 2. The van der Waals surface area contributed by atoms with Gasteiger partial charge in [-0.25, -0.2) is 4.39 Å². The molecule has 1 saturated carbocycles. The van der Waals surface area contributed by atoms with Gasteiger partial charge in [0, 0.05) is 37.6 Å². The summed E-state index contributed by atoms with van der Waals surface area (Å²) in [4.78, 5) is 29.2. The SMILES string of the molecule is Cc1cccc(NC(=O)C2CC2C(=O)N2CCN(c3ccc(F)cc3)CC2)c1. The molecular formula is C22H24FN3O2. The second-order valence-corrected chi connectivity index (χ2v) is 7.60. The molecule has 0 radical (unpaired) electrons. The van der Waals surface area contributed by atoms with Gasteiger partial charge in [-0.15, -0.1) is 0 Å². The number of anilines is 2. The molecule has 1 saturated heterocycles. The number of nitrogens with one attached hydrogen (secondary N) is 1. The number of piperazine rings is 1. The number of carbonyl (C=O) groups excluding carboxylic acids is 2. The molecule has 1 N–H and O–H groups in total. The minimum absolute atomic E-state index is 0.0724. The molecule has 2 aliphatic rings. The Morgan fingerprint density at radius 3 is 2.39 bits per heavy atom. The lowest BCUT2D eigenvalue weighted by molar-refractivity contribution is -0.134. The van der Waals surface area contributed by atoms with Crippen LogP contribution in [0.15, 0.2) is 48.5 Å². The van der Waals surface area contributed by atoms with E-state index in [1.807, 2.05) is 36.1 Å². The zero-order chi connectivity index (χ0) is 19.7. The molecule has 2 amide bonds. The maximum absolute atomic E-state index is 13.1. The van der Waals surface area contributed by atoms with Gasteiger partial charge in [0.15, 0.2) is 0 Å². The van der Waals surface area contributed by atoms with Crippen molar-refractivity contribution < 1.29 is 14.0 Å². The number of hydrogen-bond acceptors (Lipinski definition) is 3. The highest BCUT2D eigenvalue weighted by Crippen LogP contribution is 2.41. The topological polar surface area (TPSA) is 52.7 Å². The molecule has 0 aromatic heterocycles. The normalized spacial score (nSPS) is 21.4. The quantitative estimate of drug-likeness (QED) is 0.886. The van der Waals surface area contributed by atoms with Crippen LogP contribution in [-0.2, 0) is 9.59 Å². The minimum atomic E-state index is -0.249. The summed E-state index contributed by atoms with van der Waals surface area (Å²) in [6.45, 7) is 4.65. The van der Waals surface area contributed by atoms with Gasteiger partial charge in [0.25, 0.3) is 0 Å². The molecule has 5 nitrogen and oxygen atoms in total. The summed E-state index contributed by atoms with van der Waals surface area (Å²) in [5.74, 6) is -0.691. The van der Waals surface area contributed by atoms with Crippen LogP contribution in [0.25, 0.3) is 0 Å². The van der Waals surface area contributed by atoms with Crippen LogP contribution in [0.3, 0.4) is 0 Å². The van der Waals surface area contributed by atoms with Crippen LogP contribution in [0.5, 0.6) is 0 Å². The fraction of sp³-hybridized carbons (Fsp3) is 0.364. The number of nitrogens with zero attached hydrogens (tertiary/aromatic N) is 2. The first-order chi connectivity index (χ1) is 13.5. The number of rotatable bonds is 4. The van der Waals surface area contributed by atoms with Crippen molar-refractivity contribution in [3.8, 4) is 0 Å². The van der Waals surface area contributed by atoms with Crippen LogP contribution in [0.1, 0.15) is 12.0 Å². The minimum Gasteiger partial charge on any atom is -0.368 e. The van der Waals surface area contributed by atoms with E-state index < -0.39 is 0 Å². The smallest absolute Gasteiger partial charge is 0.228 e. The Morgan fingerprint density at radius 2 is 1.71 bits per heavy atom.